The van der Waals surface area contributed by atoms with Crippen molar-refractivity contribution in [2.75, 3.05) is 25.0 Å². The zero-order chi connectivity index (χ0) is 15.2. The summed E-state index contributed by atoms with van der Waals surface area (Å²) in [5.74, 6) is 0.646. The van der Waals surface area contributed by atoms with Crippen molar-refractivity contribution in [3.63, 3.8) is 0 Å². The van der Waals surface area contributed by atoms with Gasteiger partial charge in [-0.3, -0.25) is 14.9 Å². The zero-order valence-electron chi connectivity index (χ0n) is 11.5. The molecule has 0 spiro atoms. The maximum Gasteiger partial charge on any atom is 0.288 e. The van der Waals surface area contributed by atoms with Crippen molar-refractivity contribution in [1.29, 1.82) is 0 Å². The van der Waals surface area contributed by atoms with Crippen LogP contribution in [0.4, 0.5) is 11.5 Å². The van der Waals surface area contributed by atoms with E-state index in [1.165, 1.54) is 18.7 Å². The molecule has 1 fully saturated rings. The molecule has 1 amide bonds. The van der Waals surface area contributed by atoms with Crippen molar-refractivity contribution >= 4 is 33.3 Å². The molecule has 0 saturated carbocycles. The monoisotopic (exact) mass is 356 g/mol. The van der Waals surface area contributed by atoms with Crippen molar-refractivity contribution in [2.24, 2.45) is 0 Å². The number of hydrogen-bond donors (Lipinski definition) is 1. The summed E-state index contributed by atoms with van der Waals surface area (Å²) in [6.07, 6.45) is 4.94. The lowest BCUT2D eigenvalue weighted by Gasteiger charge is -2.26. The van der Waals surface area contributed by atoms with Crippen LogP contribution in [0.2, 0.25) is 0 Å². The number of anilines is 1. The molecule has 0 atom stereocenters. The van der Waals surface area contributed by atoms with E-state index in [2.05, 4.69) is 26.2 Å². The van der Waals surface area contributed by atoms with Gasteiger partial charge in [-0.1, -0.05) is 0 Å². The number of nitro groups is 1. The van der Waals surface area contributed by atoms with Gasteiger partial charge in [0.1, 0.15) is 12.0 Å². The van der Waals surface area contributed by atoms with E-state index in [0.29, 0.717) is 23.3 Å². The average Bonchev–Trinajstić information content (AvgIpc) is 2.49. The van der Waals surface area contributed by atoms with Crippen LogP contribution in [0.15, 0.2) is 16.7 Å². The number of rotatable bonds is 5. The molecule has 0 bridgehead atoms. The van der Waals surface area contributed by atoms with Crippen LogP contribution in [0.1, 0.15) is 25.7 Å². The molecule has 2 rings (SSSR count). The summed E-state index contributed by atoms with van der Waals surface area (Å²) in [7, 11) is 0. The summed E-state index contributed by atoms with van der Waals surface area (Å²) in [4.78, 5) is 28.0. The third kappa shape index (κ3) is 4.38. The number of nitrogens with one attached hydrogen (secondary N) is 1. The number of aromatic nitrogens is 1. The second-order valence-corrected chi connectivity index (χ2v) is 5.75. The Kier molecular flexibility index (Phi) is 5.49. The van der Waals surface area contributed by atoms with E-state index < -0.39 is 4.92 Å². The van der Waals surface area contributed by atoms with Gasteiger partial charge in [-0.05, 0) is 35.2 Å². The summed E-state index contributed by atoms with van der Waals surface area (Å²) < 4.78 is 0.516. The van der Waals surface area contributed by atoms with Gasteiger partial charge in [-0.15, -0.1) is 0 Å². The number of pyridine rings is 1. The first kappa shape index (κ1) is 15.7. The lowest BCUT2D eigenvalue weighted by atomic mass is 10.1. The molecule has 0 radical (unpaired) electrons. The van der Waals surface area contributed by atoms with Crippen molar-refractivity contribution in [3.05, 3.63) is 26.9 Å². The fraction of sp³-hybridized carbons (Fsp3) is 0.538. The molecule has 7 nitrogen and oxygen atoms in total. The number of carbonyl (C=O) groups is 1. The summed E-state index contributed by atoms with van der Waals surface area (Å²) >= 11 is 3.23. The zero-order valence-corrected chi connectivity index (χ0v) is 13.1. The van der Waals surface area contributed by atoms with Crippen LogP contribution in [0, 0.1) is 10.1 Å². The van der Waals surface area contributed by atoms with E-state index in [9.17, 15) is 14.9 Å². The van der Waals surface area contributed by atoms with Crippen molar-refractivity contribution in [3.8, 4) is 0 Å². The van der Waals surface area contributed by atoms with E-state index in [4.69, 9.17) is 0 Å². The van der Waals surface area contributed by atoms with E-state index in [0.717, 1.165) is 25.9 Å². The molecule has 0 unspecified atom stereocenters. The number of nitrogens with zero attached hydrogens (tertiary/aromatic N) is 3. The maximum absolute atomic E-state index is 12.0. The number of amides is 1. The molecule has 1 aliphatic rings. The predicted octanol–water partition coefficient (Wildman–Crippen LogP) is 2.57. The van der Waals surface area contributed by atoms with Gasteiger partial charge in [0.2, 0.25) is 5.91 Å². The summed E-state index contributed by atoms with van der Waals surface area (Å²) in [5, 5.41) is 13.6. The SMILES string of the molecule is O=C(CCNc1ncc([N+](=O)[O-])cc1Br)N1CCCCC1. The minimum Gasteiger partial charge on any atom is -0.369 e. The highest BCUT2D eigenvalue weighted by atomic mass is 79.9. The first-order valence-corrected chi connectivity index (χ1v) is 7.69. The minimum absolute atomic E-state index is 0.0724. The van der Waals surface area contributed by atoms with Crippen molar-refractivity contribution in [1.82, 2.24) is 9.88 Å². The predicted molar refractivity (Wildman–Crippen MR) is 82.1 cm³/mol. The number of carbonyl (C=O) groups excluding carboxylic acids is 1. The minimum atomic E-state index is -0.499. The molecule has 2 heterocycles. The number of hydrogen-bond acceptors (Lipinski definition) is 5. The summed E-state index contributed by atoms with van der Waals surface area (Å²) in [6.45, 7) is 2.15. The van der Waals surface area contributed by atoms with Crippen LogP contribution >= 0.6 is 15.9 Å². The number of piperidine rings is 1. The van der Waals surface area contributed by atoms with E-state index in [-0.39, 0.29) is 11.6 Å². The Morgan fingerprint density at radius 1 is 1.43 bits per heavy atom. The maximum atomic E-state index is 12.0. The molecule has 1 aromatic rings. The Bertz CT molecular complexity index is 532. The standard InChI is InChI=1S/C13H17BrN4O3/c14-11-8-10(18(20)21)9-16-13(11)15-5-4-12(19)17-6-2-1-3-7-17/h8-9H,1-7H2,(H,15,16). The van der Waals surface area contributed by atoms with Gasteiger partial charge in [-0.25, -0.2) is 4.98 Å². The van der Waals surface area contributed by atoms with Crippen LogP contribution in [0.25, 0.3) is 0 Å². The Balaban J connectivity index is 1.83. The molecule has 1 saturated heterocycles. The van der Waals surface area contributed by atoms with Crippen LogP contribution < -0.4 is 5.32 Å². The average molecular weight is 357 g/mol. The third-order valence-corrected chi connectivity index (χ3v) is 3.98. The Labute approximate surface area is 131 Å². The van der Waals surface area contributed by atoms with E-state index in [1.807, 2.05) is 4.90 Å². The van der Waals surface area contributed by atoms with Gasteiger partial charge in [0.05, 0.1) is 9.40 Å². The fourth-order valence-corrected chi connectivity index (χ4v) is 2.72. The second-order valence-electron chi connectivity index (χ2n) is 4.90. The largest absolute Gasteiger partial charge is 0.369 e. The van der Waals surface area contributed by atoms with Gasteiger partial charge >= 0.3 is 0 Å². The highest BCUT2D eigenvalue weighted by molar-refractivity contribution is 9.10. The van der Waals surface area contributed by atoms with Gasteiger partial charge < -0.3 is 10.2 Å². The number of halogens is 1. The lowest BCUT2D eigenvalue weighted by molar-refractivity contribution is -0.385. The molecule has 0 aliphatic carbocycles. The highest BCUT2D eigenvalue weighted by Gasteiger charge is 2.16. The third-order valence-electron chi connectivity index (χ3n) is 3.38. The Morgan fingerprint density at radius 2 is 2.14 bits per heavy atom. The van der Waals surface area contributed by atoms with Crippen molar-refractivity contribution < 1.29 is 9.72 Å². The van der Waals surface area contributed by atoms with Crippen LogP contribution in [0.3, 0.4) is 0 Å². The molecule has 1 N–H and O–H groups in total. The van der Waals surface area contributed by atoms with Gasteiger partial charge in [0.25, 0.3) is 5.69 Å². The van der Waals surface area contributed by atoms with Crippen LogP contribution in [-0.2, 0) is 4.79 Å². The lowest BCUT2D eigenvalue weighted by Crippen LogP contribution is -2.36. The Morgan fingerprint density at radius 3 is 2.76 bits per heavy atom. The molecule has 1 aliphatic heterocycles. The highest BCUT2D eigenvalue weighted by Crippen LogP contribution is 2.24. The molecule has 8 heteroatoms. The van der Waals surface area contributed by atoms with Crippen LogP contribution in [-0.4, -0.2) is 40.3 Å². The van der Waals surface area contributed by atoms with Gasteiger partial charge in [-0.2, -0.15) is 0 Å². The van der Waals surface area contributed by atoms with E-state index >= 15 is 0 Å². The fourth-order valence-electron chi connectivity index (χ4n) is 2.25. The van der Waals surface area contributed by atoms with Gasteiger partial charge in [0, 0.05) is 32.1 Å². The summed E-state index contributed by atoms with van der Waals surface area (Å²) in [6, 6.07) is 1.39. The van der Waals surface area contributed by atoms with E-state index in [1.54, 1.807) is 0 Å². The topological polar surface area (TPSA) is 88.4 Å². The smallest absolute Gasteiger partial charge is 0.288 e. The van der Waals surface area contributed by atoms with Crippen molar-refractivity contribution in [2.45, 2.75) is 25.7 Å². The Hall–Kier alpha value is -1.70. The summed E-state index contributed by atoms with van der Waals surface area (Å²) in [5.41, 5.74) is -0.0724. The molecule has 0 aromatic carbocycles. The quantitative estimate of drug-likeness (QED) is 0.646. The normalized spacial score (nSPS) is 14.8. The van der Waals surface area contributed by atoms with Crippen LogP contribution in [0.5, 0.6) is 0 Å². The first-order chi connectivity index (χ1) is 10.1. The number of likely N-dealkylation sites (tertiary alicyclic amines) is 1. The molecular weight excluding hydrogens is 340 g/mol. The molecular formula is C13H17BrN4O3. The molecule has 1 aromatic heterocycles. The first-order valence-electron chi connectivity index (χ1n) is 6.89. The second kappa shape index (κ2) is 7.35. The van der Waals surface area contributed by atoms with Gasteiger partial charge in [0.15, 0.2) is 0 Å². The molecule has 21 heavy (non-hydrogen) atoms. The molecule has 114 valence electrons.